The molecule has 2 rings (SSSR count). The molecule has 0 radical (unpaired) electrons. The number of carbonyl (C=O) groups is 2. The Hall–Kier alpha value is -1.88. The Morgan fingerprint density at radius 2 is 2.00 bits per heavy atom. The zero-order valence-corrected chi connectivity index (χ0v) is 13.0. The van der Waals surface area contributed by atoms with Crippen LogP contribution in [0.4, 0.5) is 0 Å². The molecule has 0 bridgehead atoms. The zero-order valence-electron chi connectivity index (χ0n) is 13.0. The second kappa shape index (κ2) is 5.85. The highest BCUT2D eigenvalue weighted by atomic mass is 16.5. The second-order valence-corrected chi connectivity index (χ2v) is 5.95. The summed E-state index contributed by atoms with van der Waals surface area (Å²) < 4.78 is 5.36. The molecule has 1 saturated heterocycles. The van der Waals surface area contributed by atoms with Gasteiger partial charge in [-0.15, -0.1) is 0 Å². The van der Waals surface area contributed by atoms with Gasteiger partial charge in [0, 0.05) is 18.5 Å². The molecule has 5 nitrogen and oxygen atoms in total. The Balaban J connectivity index is 2.24. The van der Waals surface area contributed by atoms with Crippen LogP contribution in [0.3, 0.4) is 0 Å². The fourth-order valence-corrected chi connectivity index (χ4v) is 2.69. The maximum atomic E-state index is 12.3. The molecular weight excluding hydrogens is 268 g/mol. The van der Waals surface area contributed by atoms with Gasteiger partial charge in [-0.25, -0.2) is 0 Å². The third-order valence-electron chi connectivity index (χ3n) is 3.95. The van der Waals surface area contributed by atoms with Crippen LogP contribution in [-0.4, -0.2) is 37.4 Å². The molecule has 0 saturated carbocycles. The summed E-state index contributed by atoms with van der Waals surface area (Å²) in [6.45, 7) is 3.94. The fourth-order valence-electron chi connectivity index (χ4n) is 2.69. The van der Waals surface area contributed by atoms with E-state index in [4.69, 9.17) is 4.74 Å². The van der Waals surface area contributed by atoms with Gasteiger partial charge in [-0.1, -0.05) is 32.0 Å². The van der Waals surface area contributed by atoms with Crippen molar-refractivity contribution in [2.45, 2.75) is 26.3 Å². The first-order valence-electron chi connectivity index (χ1n) is 7.05. The minimum Gasteiger partial charge on any atom is -0.496 e. The lowest BCUT2D eigenvalue weighted by Gasteiger charge is -2.25. The molecule has 0 spiro atoms. The molecule has 5 heteroatoms. The van der Waals surface area contributed by atoms with Crippen molar-refractivity contribution in [1.29, 1.82) is 0 Å². The largest absolute Gasteiger partial charge is 0.496 e. The van der Waals surface area contributed by atoms with Crippen molar-refractivity contribution < 1.29 is 14.3 Å². The first kappa shape index (κ1) is 15.5. The average Bonchev–Trinajstić information content (AvgIpc) is 2.65. The molecule has 1 N–H and O–H groups in total. The van der Waals surface area contributed by atoms with Gasteiger partial charge in [0.25, 0.3) is 0 Å². The van der Waals surface area contributed by atoms with Gasteiger partial charge in [-0.2, -0.15) is 0 Å². The number of carbonyl (C=O) groups excluding carboxylic acids is 2. The van der Waals surface area contributed by atoms with Crippen molar-refractivity contribution in [2.75, 3.05) is 20.7 Å². The van der Waals surface area contributed by atoms with E-state index in [-0.39, 0.29) is 24.3 Å². The van der Waals surface area contributed by atoms with Gasteiger partial charge in [-0.05, 0) is 13.1 Å². The van der Waals surface area contributed by atoms with Gasteiger partial charge in [0.05, 0.1) is 18.6 Å². The van der Waals surface area contributed by atoms with Gasteiger partial charge >= 0.3 is 0 Å². The van der Waals surface area contributed by atoms with E-state index in [1.807, 2.05) is 45.2 Å². The molecular formula is C16H22N2O3. The van der Waals surface area contributed by atoms with Crippen molar-refractivity contribution >= 4 is 11.8 Å². The normalized spacial score (nSPS) is 19.0. The summed E-state index contributed by atoms with van der Waals surface area (Å²) in [4.78, 5) is 25.8. The number of hydrogen-bond donors (Lipinski definition) is 1. The third-order valence-corrected chi connectivity index (χ3v) is 3.95. The van der Waals surface area contributed by atoms with Crippen LogP contribution in [0.25, 0.3) is 0 Å². The first-order chi connectivity index (χ1) is 9.90. The minimum atomic E-state index is -0.601. The van der Waals surface area contributed by atoms with Crippen LogP contribution >= 0.6 is 0 Å². The number of rotatable bonds is 5. The molecule has 1 unspecified atom stereocenters. The quantitative estimate of drug-likeness (QED) is 0.839. The van der Waals surface area contributed by atoms with Crippen LogP contribution < -0.4 is 10.1 Å². The van der Waals surface area contributed by atoms with Crippen molar-refractivity contribution in [3.63, 3.8) is 0 Å². The number of imide groups is 1. The van der Waals surface area contributed by atoms with E-state index < -0.39 is 5.41 Å². The SMILES string of the molecule is CNC(CN1C(=O)CC(C)(C)C1=O)c1ccccc1OC. The number of amides is 2. The number of methoxy groups -OCH3 is 1. The summed E-state index contributed by atoms with van der Waals surface area (Å²) >= 11 is 0. The molecule has 1 heterocycles. The highest BCUT2D eigenvalue weighted by Gasteiger charge is 2.45. The number of ether oxygens (including phenoxy) is 1. The van der Waals surface area contributed by atoms with Crippen molar-refractivity contribution in [3.05, 3.63) is 29.8 Å². The van der Waals surface area contributed by atoms with E-state index >= 15 is 0 Å². The maximum Gasteiger partial charge on any atom is 0.235 e. The highest BCUT2D eigenvalue weighted by Crippen LogP contribution is 2.34. The number of likely N-dealkylation sites (N-methyl/N-ethyl adjacent to an activating group) is 1. The Bertz CT molecular complexity index is 554. The molecule has 2 amide bonds. The lowest BCUT2D eigenvalue weighted by Crippen LogP contribution is -2.39. The molecule has 0 aliphatic carbocycles. The number of hydrogen-bond acceptors (Lipinski definition) is 4. The van der Waals surface area contributed by atoms with Gasteiger partial charge < -0.3 is 10.1 Å². The first-order valence-corrected chi connectivity index (χ1v) is 7.05. The maximum absolute atomic E-state index is 12.3. The summed E-state index contributed by atoms with van der Waals surface area (Å²) in [5.74, 6) is 0.526. The fraction of sp³-hybridized carbons (Fsp3) is 0.500. The zero-order chi connectivity index (χ0) is 15.6. The molecule has 1 atom stereocenters. The van der Waals surface area contributed by atoms with E-state index in [9.17, 15) is 9.59 Å². The number of para-hydroxylation sites is 1. The van der Waals surface area contributed by atoms with Gasteiger partial charge in [0.1, 0.15) is 5.75 Å². The van der Waals surface area contributed by atoms with Crippen molar-refractivity contribution in [1.82, 2.24) is 10.2 Å². The predicted molar refractivity (Wildman–Crippen MR) is 79.9 cm³/mol. The molecule has 1 aromatic rings. The number of benzene rings is 1. The molecule has 1 aromatic carbocycles. The summed E-state index contributed by atoms with van der Waals surface area (Å²) in [6, 6.07) is 7.47. The van der Waals surface area contributed by atoms with Crippen molar-refractivity contribution in [2.24, 2.45) is 5.41 Å². The van der Waals surface area contributed by atoms with Gasteiger partial charge in [0.2, 0.25) is 11.8 Å². The van der Waals surface area contributed by atoms with Crippen LogP contribution in [0.15, 0.2) is 24.3 Å². The summed E-state index contributed by atoms with van der Waals surface area (Å²) in [7, 11) is 3.42. The molecule has 1 aliphatic rings. The van der Waals surface area contributed by atoms with E-state index in [0.29, 0.717) is 6.54 Å². The Morgan fingerprint density at radius 3 is 2.52 bits per heavy atom. The van der Waals surface area contributed by atoms with E-state index in [1.54, 1.807) is 7.11 Å². The predicted octanol–water partition coefficient (Wildman–Crippen LogP) is 1.74. The van der Waals surface area contributed by atoms with Crippen LogP contribution in [0, 0.1) is 5.41 Å². The van der Waals surface area contributed by atoms with E-state index in [0.717, 1.165) is 11.3 Å². The van der Waals surface area contributed by atoms with Crippen LogP contribution in [-0.2, 0) is 9.59 Å². The Labute approximate surface area is 125 Å². The van der Waals surface area contributed by atoms with Gasteiger partial charge in [-0.3, -0.25) is 14.5 Å². The Kier molecular flexibility index (Phi) is 4.32. The molecule has 21 heavy (non-hydrogen) atoms. The van der Waals surface area contributed by atoms with Crippen LogP contribution in [0.2, 0.25) is 0 Å². The Morgan fingerprint density at radius 1 is 1.33 bits per heavy atom. The van der Waals surface area contributed by atoms with E-state index in [1.165, 1.54) is 4.90 Å². The lowest BCUT2D eigenvalue weighted by atomic mass is 9.92. The third kappa shape index (κ3) is 2.93. The summed E-state index contributed by atoms with van der Waals surface area (Å²) in [5, 5.41) is 3.16. The monoisotopic (exact) mass is 290 g/mol. The lowest BCUT2D eigenvalue weighted by molar-refractivity contribution is -0.141. The van der Waals surface area contributed by atoms with Crippen LogP contribution in [0.5, 0.6) is 5.75 Å². The number of nitrogens with one attached hydrogen (secondary N) is 1. The average molecular weight is 290 g/mol. The van der Waals surface area contributed by atoms with E-state index in [2.05, 4.69) is 5.32 Å². The summed E-state index contributed by atoms with van der Waals surface area (Å²) in [5.41, 5.74) is 0.337. The molecule has 114 valence electrons. The standard InChI is InChI=1S/C16H22N2O3/c1-16(2)9-14(19)18(15(16)20)10-12(17-3)11-7-5-6-8-13(11)21-4/h5-8,12,17H,9-10H2,1-4H3. The number of likely N-dealkylation sites (tertiary alicyclic amines) is 1. The summed E-state index contributed by atoms with van der Waals surface area (Å²) in [6.07, 6.45) is 0.272. The highest BCUT2D eigenvalue weighted by molar-refractivity contribution is 6.05. The smallest absolute Gasteiger partial charge is 0.235 e. The molecule has 1 fully saturated rings. The minimum absolute atomic E-state index is 0.109. The number of nitrogens with zero attached hydrogens (tertiary/aromatic N) is 1. The van der Waals surface area contributed by atoms with Crippen molar-refractivity contribution in [3.8, 4) is 5.75 Å². The topological polar surface area (TPSA) is 58.6 Å². The van der Waals surface area contributed by atoms with Gasteiger partial charge in [0.15, 0.2) is 0 Å². The molecule has 1 aliphatic heterocycles. The second-order valence-electron chi connectivity index (χ2n) is 5.95. The molecule has 0 aromatic heterocycles. The van der Waals surface area contributed by atoms with Crippen LogP contribution in [0.1, 0.15) is 31.9 Å².